The van der Waals surface area contributed by atoms with Crippen LogP contribution in [-0.2, 0) is 9.84 Å². The van der Waals surface area contributed by atoms with Crippen molar-refractivity contribution in [3.05, 3.63) is 22.2 Å². The van der Waals surface area contributed by atoms with E-state index in [0.717, 1.165) is 11.5 Å². The number of sulfone groups is 1. The van der Waals surface area contributed by atoms with Crippen molar-refractivity contribution < 1.29 is 8.42 Å². The molecule has 104 valence electrons. The second kappa shape index (κ2) is 4.98. The Kier molecular flexibility index (Phi) is 3.47. The fourth-order valence-corrected chi connectivity index (χ4v) is 5.13. The van der Waals surface area contributed by atoms with Crippen LogP contribution in [0.5, 0.6) is 0 Å². The average Bonchev–Trinajstić information content (AvgIpc) is 2.97. The molecule has 1 N–H and O–H groups in total. The molecule has 0 bridgehead atoms. The van der Waals surface area contributed by atoms with E-state index in [9.17, 15) is 8.42 Å². The Morgan fingerprint density at radius 2 is 1.95 bits per heavy atom. The van der Waals surface area contributed by atoms with Crippen molar-refractivity contribution in [2.75, 3.05) is 11.5 Å². The van der Waals surface area contributed by atoms with Gasteiger partial charge in [-0.15, -0.1) is 0 Å². The minimum atomic E-state index is -2.88. The number of H-pyrrole nitrogens is 1. The molecule has 1 aromatic rings. The molecule has 1 saturated heterocycles. The van der Waals surface area contributed by atoms with Crippen LogP contribution in [0.15, 0.2) is 6.07 Å². The minimum absolute atomic E-state index is 0.00643. The molecule has 1 atom stereocenters. The largest absolute Gasteiger partial charge is 0.347 e. The lowest BCUT2D eigenvalue weighted by Gasteiger charge is -2.14. The molecule has 19 heavy (non-hydrogen) atoms. The van der Waals surface area contributed by atoms with Crippen LogP contribution >= 0.6 is 12.2 Å². The Morgan fingerprint density at radius 3 is 2.58 bits per heavy atom. The molecule has 0 amide bonds. The molecule has 4 nitrogen and oxygen atoms in total. The zero-order valence-corrected chi connectivity index (χ0v) is 12.4. The van der Waals surface area contributed by atoms with E-state index in [1.165, 1.54) is 25.7 Å². The first kappa shape index (κ1) is 13.2. The highest BCUT2D eigenvalue weighted by Crippen LogP contribution is 2.34. The summed E-state index contributed by atoms with van der Waals surface area (Å²) in [6.45, 7) is 0. The van der Waals surface area contributed by atoms with Crippen LogP contribution in [0.1, 0.15) is 55.5 Å². The smallest absolute Gasteiger partial charge is 0.151 e. The third kappa shape index (κ3) is 2.89. The minimum Gasteiger partial charge on any atom is -0.347 e. The SMILES string of the molecule is O=S1(=O)CCC(c2nc(=S)cc(C3CCCC3)[nH]2)C1. The standard InChI is InChI=1S/C13H18N2O2S2/c16-19(17)6-5-10(8-19)13-14-11(7-12(18)15-13)9-3-1-2-4-9/h7,9-10H,1-6,8H2,(H,14,15,18). The van der Waals surface area contributed by atoms with E-state index < -0.39 is 9.84 Å². The third-order valence-electron chi connectivity index (χ3n) is 4.20. The zero-order valence-electron chi connectivity index (χ0n) is 10.8. The van der Waals surface area contributed by atoms with Gasteiger partial charge >= 0.3 is 0 Å². The highest BCUT2D eigenvalue weighted by Gasteiger charge is 2.31. The van der Waals surface area contributed by atoms with Gasteiger partial charge in [-0.2, -0.15) is 0 Å². The quantitative estimate of drug-likeness (QED) is 0.853. The molecule has 0 radical (unpaired) electrons. The average molecular weight is 298 g/mol. The molecule has 1 aromatic heterocycles. The Bertz CT molecular complexity index is 630. The van der Waals surface area contributed by atoms with E-state index in [1.807, 2.05) is 6.07 Å². The van der Waals surface area contributed by atoms with Crippen molar-refractivity contribution in [2.45, 2.75) is 43.9 Å². The maximum atomic E-state index is 11.6. The van der Waals surface area contributed by atoms with Gasteiger partial charge in [0.15, 0.2) is 9.84 Å². The first-order chi connectivity index (χ1) is 9.03. The second-order valence-electron chi connectivity index (χ2n) is 5.64. The molecule has 6 heteroatoms. The highest BCUT2D eigenvalue weighted by atomic mass is 32.2. The molecule has 1 unspecified atom stereocenters. The van der Waals surface area contributed by atoms with Gasteiger partial charge in [0.25, 0.3) is 0 Å². The van der Waals surface area contributed by atoms with Gasteiger partial charge in [-0.25, -0.2) is 13.4 Å². The Hall–Kier alpha value is -0.750. The predicted molar refractivity (Wildman–Crippen MR) is 76.6 cm³/mol. The summed E-state index contributed by atoms with van der Waals surface area (Å²) >= 11 is 5.23. The molecule has 2 fully saturated rings. The van der Waals surface area contributed by atoms with Gasteiger partial charge in [0.1, 0.15) is 10.5 Å². The number of hydrogen-bond acceptors (Lipinski definition) is 4. The van der Waals surface area contributed by atoms with Gasteiger partial charge in [-0.1, -0.05) is 25.1 Å². The molecule has 1 aliphatic carbocycles. The highest BCUT2D eigenvalue weighted by molar-refractivity contribution is 7.91. The van der Waals surface area contributed by atoms with Crippen LogP contribution in [0, 0.1) is 4.64 Å². The molecule has 2 heterocycles. The van der Waals surface area contributed by atoms with Crippen LogP contribution in [-0.4, -0.2) is 29.9 Å². The van der Waals surface area contributed by atoms with Gasteiger partial charge in [-0.3, -0.25) is 0 Å². The van der Waals surface area contributed by atoms with Crippen molar-refractivity contribution in [1.29, 1.82) is 0 Å². The molecule has 3 rings (SSSR count). The summed E-state index contributed by atoms with van der Waals surface area (Å²) in [4.78, 5) is 7.71. The van der Waals surface area contributed by atoms with Crippen molar-refractivity contribution in [1.82, 2.24) is 9.97 Å². The predicted octanol–water partition coefficient (Wildman–Crippen LogP) is 2.70. The lowest BCUT2D eigenvalue weighted by Crippen LogP contribution is -2.10. The number of aromatic nitrogens is 2. The summed E-state index contributed by atoms with van der Waals surface area (Å²) in [5.74, 6) is 1.79. The van der Waals surface area contributed by atoms with Gasteiger partial charge in [0.2, 0.25) is 0 Å². The van der Waals surface area contributed by atoms with E-state index >= 15 is 0 Å². The fourth-order valence-electron chi connectivity index (χ4n) is 3.16. The van der Waals surface area contributed by atoms with Gasteiger partial charge in [0, 0.05) is 11.6 Å². The molecule has 1 aliphatic heterocycles. The van der Waals surface area contributed by atoms with Crippen LogP contribution in [0.3, 0.4) is 0 Å². The van der Waals surface area contributed by atoms with E-state index in [1.54, 1.807) is 0 Å². The molecule has 0 aromatic carbocycles. The fraction of sp³-hybridized carbons (Fsp3) is 0.692. The van der Waals surface area contributed by atoms with Crippen molar-refractivity contribution >= 4 is 22.1 Å². The second-order valence-corrected chi connectivity index (χ2v) is 8.29. The van der Waals surface area contributed by atoms with Crippen molar-refractivity contribution in [2.24, 2.45) is 0 Å². The normalized spacial score (nSPS) is 26.8. The van der Waals surface area contributed by atoms with Gasteiger partial charge in [0.05, 0.1) is 11.5 Å². The topological polar surface area (TPSA) is 62.8 Å². The number of hydrogen-bond donors (Lipinski definition) is 1. The lowest BCUT2D eigenvalue weighted by molar-refractivity contribution is 0.600. The summed E-state index contributed by atoms with van der Waals surface area (Å²) in [5, 5.41) is 0. The zero-order chi connectivity index (χ0) is 13.5. The Morgan fingerprint density at radius 1 is 1.21 bits per heavy atom. The Labute approximate surface area is 118 Å². The van der Waals surface area contributed by atoms with E-state index in [4.69, 9.17) is 12.2 Å². The van der Waals surface area contributed by atoms with Crippen LogP contribution in [0.2, 0.25) is 0 Å². The van der Waals surface area contributed by atoms with E-state index in [0.29, 0.717) is 17.0 Å². The first-order valence-corrected chi connectivity index (χ1v) is 9.08. The van der Waals surface area contributed by atoms with E-state index in [2.05, 4.69) is 9.97 Å². The molecular formula is C13H18N2O2S2. The number of nitrogens with one attached hydrogen (secondary N) is 1. The maximum Gasteiger partial charge on any atom is 0.151 e. The first-order valence-electron chi connectivity index (χ1n) is 6.85. The van der Waals surface area contributed by atoms with E-state index in [-0.39, 0.29) is 17.4 Å². The summed E-state index contributed by atoms with van der Waals surface area (Å²) < 4.78 is 23.7. The summed E-state index contributed by atoms with van der Waals surface area (Å²) in [6.07, 6.45) is 5.57. The number of nitrogens with zero attached hydrogens (tertiary/aromatic N) is 1. The van der Waals surface area contributed by atoms with Crippen LogP contribution < -0.4 is 0 Å². The van der Waals surface area contributed by atoms with Gasteiger partial charge < -0.3 is 4.98 Å². The number of rotatable bonds is 2. The van der Waals surface area contributed by atoms with Crippen molar-refractivity contribution in [3.8, 4) is 0 Å². The van der Waals surface area contributed by atoms with Crippen molar-refractivity contribution in [3.63, 3.8) is 0 Å². The Balaban J connectivity index is 1.92. The van der Waals surface area contributed by atoms with Crippen LogP contribution in [0.4, 0.5) is 0 Å². The molecule has 0 spiro atoms. The monoisotopic (exact) mass is 298 g/mol. The molecule has 2 aliphatic rings. The number of aromatic amines is 1. The summed E-state index contributed by atoms with van der Waals surface area (Å²) in [5.41, 5.74) is 1.15. The maximum absolute atomic E-state index is 11.6. The third-order valence-corrected chi connectivity index (χ3v) is 6.17. The summed E-state index contributed by atoms with van der Waals surface area (Å²) in [7, 11) is -2.88. The lowest BCUT2D eigenvalue weighted by atomic mass is 10.0. The molecular weight excluding hydrogens is 280 g/mol. The molecule has 1 saturated carbocycles. The summed E-state index contributed by atoms with van der Waals surface area (Å²) in [6, 6.07) is 1.94. The van der Waals surface area contributed by atoms with Gasteiger partial charge in [-0.05, 0) is 31.2 Å². The van der Waals surface area contributed by atoms with Crippen LogP contribution in [0.25, 0.3) is 0 Å².